The lowest BCUT2D eigenvalue weighted by Crippen LogP contribution is -2.45. The second kappa shape index (κ2) is 11.3. The number of hydrogen-bond donors (Lipinski definition) is 2. The molecule has 1 amide bonds. The Morgan fingerprint density at radius 1 is 1.29 bits per heavy atom. The van der Waals surface area contributed by atoms with Gasteiger partial charge in [-0.05, 0) is 61.1 Å². The topological polar surface area (TPSA) is 85.6 Å². The molecule has 1 aromatic heterocycles. The number of amides is 1. The normalized spacial score (nSPS) is 20.6. The van der Waals surface area contributed by atoms with Gasteiger partial charge in [0.25, 0.3) is 5.91 Å². The standard InChI is InChI=1S/C27H40ClN3O4/c1-18-9-11-27(33,12-10-18)17-29-25(32)23-22(28)24(31(30-23)13-14-34-5)20-8-7-19(15-21(20)35-6)16-26(2,3)4/h7-8,15,18,33H,9-14,16-17H2,1-6H3,(H,29,32). The van der Waals surface area contributed by atoms with Crippen molar-refractivity contribution in [3.05, 3.63) is 34.5 Å². The number of nitrogens with one attached hydrogen (secondary N) is 1. The van der Waals surface area contributed by atoms with Gasteiger partial charge < -0.3 is 19.9 Å². The summed E-state index contributed by atoms with van der Waals surface area (Å²) in [6.07, 6.45) is 4.15. The van der Waals surface area contributed by atoms with Crippen LogP contribution in [0.2, 0.25) is 5.02 Å². The molecule has 2 N–H and O–H groups in total. The quantitative estimate of drug-likeness (QED) is 0.494. The second-order valence-electron chi connectivity index (χ2n) is 11.1. The number of carbonyl (C=O) groups excluding carboxylic acids is 1. The average Bonchev–Trinajstić information content (AvgIpc) is 3.13. The monoisotopic (exact) mass is 505 g/mol. The first kappa shape index (κ1) is 27.5. The van der Waals surface area contributed by atoms with Crippen LogP contribution in [0.5, 0.6) is 5.75 Å². The van der Waals surface area contributed by atoms with E-state index < -0.39 is 11.5 Å². The van der Waals surface area contributed by atoms with Gasteiger partial charge >= 0.3 is 0 Å². The van der Waals surface area contributed by atoms with Crippen molar-refractivity contribution in [2.24, 2.45) is 11.3 Å². The van der Waals surface area contributed by atoms with Crippen LogP contribution in [0.4, 0.5) is 0 Å². The molecule has 1 fully saturated rings. The lowest BCUT2D eigenvalue weighted by atomic mass is 9.79. The highest BCUT2D eigenvalue weighted by Crippen LogP contribution is 2.38. The van der Waals surface area contributed by atoms with E-state index in [1.807, 2.05) is 12.1 Å². The molecular formula is C27H40ClN3O4. The highest BCUT2D eigenvalue weighted by atomic mass is 35.5. The fraction of sp³-hybridized carbons (Fsp3) is 0.630. The molecule has 1 saturated carbocycles. The van der Waals surface area contributed by atoms with E-state index in [0.29, 0.717) is 43.4 Å². The van der Waals surface area contributed by atoms with Crippen molar-refractivity contribution in [1.82, 2.24) is 15.1 Å². The molecule has 8 heteroatoms. The summed E-state index contributed by atoms with van der Waals surface area (Å²) in [4.78, 5) is 13.1. The van der Waals surface area contributed by atoms with Crippen molar-refractivity contribution in [3.8, 4) is 17.0 Å². The first-order chi connectivity index (χ1) is 16.5. The lowest BCUT2D eigenvalue weighted by molar-refractivity contribution is -0.00544. The van der Waals surface area contributed by atoms with Gasteiger partial charge in [0, 0.05) is 19.2 Å². The summed E-state index contributed by atoms with van der Waals surface area (Å²) >= 11 is 6.79. The van der Waals surface area contributed by atoms with Crippen LogP contribution in [0.1, 0.15) is 69.4 Å². The Labute approximate surface area is 214 Å². The maximum atomic E-state index is 13.1. The molecular weight excluding hydrogens is 466 g/mol. The summed E-state index contributed by atoms with van der Waals surface area (Å²) in [6.45, 7) is 9.79. The fourth-order valence-electron chi connectivity index (χ4n) is 4.64. The van der Waals surface area contributed by atoms with Crippen LogP contribution >= 0.6 is 11.6 Å². The van der Waals surface area contributed by atoms with E-state index in [9.17, 15) is 9.90 Å². The molecule has 0 radical (unpaired) electrons. The summed E-state index contributed by atoms with van der Waals surface area (Å²) in [5.74, 6) is 0.872. The third kappa shape index (κ3) is 6.99. The largest absolute Gasteiger partial charge is 0.496 e. The maximum absolute atomic E-state index is 13.1. The van der Waals surface area contributed by atoms with E-state index in [1.54, 1.807) is 18.9 Å². The van der Waals surface area contributed by atoms with E-state index in [-0.39, 0.29) is 22.7 Å². The van der Waals surface area contributed by atoms with E-state index in [0.717, 1.165) is 30.4 Å². The molecule has 3 rings (SSSR count). The Morgan fingerprint density at radius 2 is 1.97 bits per heavy atom. The Balaban J connectivity index is 1.91. The number of ether oxygens (including phenoxy) is 2. The Morgan fingerprint density at radius 3 is 2.57 bits per heavy atom. The Kier molecular flexibility index (Phi) is 8.89. The average molecular weight is 506 g/mol. The Bertz CT molecular complexity index is 1020. The molecule has 1 aliphatic rings. The van der Waals surface area contributed by atoms with Gasteiger partial charge in [0.1, 0.15) is 5.75 Å². The van der Waals surface area contributed by atoms with Gasteiger partial charge in [-0.15, -0.1) is 0 Å². The van der Waals surface area contributed by atoms with Crippen molar-refractivity contribution >= 4 is 17.5 Å². The van der Waals surface area contributed by atoms with Gasteiger partial charge in [0.05, 0.1) is 36.6 Å². The molecule has 0 spiro atoms. The molecule has 0 aliphatic heterocycles. The fourth-order valence-corrected chi connectivity index (χ4v) is 4.96. The van der Waals surface area contributed by atoms with Crippen LogP contribution in [0, 0.1) is 11.3 Å². The maximum Gasteiger partial charge on any atom is 0.273 e. The summed E-state index contributed by atoms with van der Waals surface area (Å²) in [5, 5.41) is 18.5. The van der Waals surface area contributed by atoms with Crippen LogP contribution in [-0.4, -0.2) is 53.8 Å². The third-order valence-corrected chi connectivity index (χ3v) is 7.01. The number of carbonyl (C=O) groups is 1. The molecule has 1 heterocycles. The van der Waals surface area contributed by atoms with Crippen LogP contribution < -0.4 is 10.1 Å². The second-order valence-corrected chi connectivity index (χ2v) is 11.5. The number of hydrogen-bond acceptors (Lipinski definition) is 5. The molecule has 0 atom stereocenters. The number of halogens is 1. The summed E-state index contributed by atoms with van der Waals surface area (Å²) < 4.78 is 12.7. The minimum atomic E-state index is -0.887. The summed E-state index contributed by atoms with van der Waals surface area (Å²) in [7, 11) is 3.24. The molecule has 194 valence electrons. The molecule has 35 heavy (non-hydrogen) atoms. The smallest absolute Gasteiger partial charge is 0.273 e. The predicted molar refractivity (Wildman–Crippen MR) is 139 cm³/mol. The van der Waals surface area contributed by atoms with Gasteiger partial charge in [0.2, 0.25) is 0 Å². The highest BCUT2D eigenvalue weighted by Gasteiger charge is 2.33. The number of methoxy groups -OCH3 is 2. The van der Waals surface area contributed by atoms with Gasteiger partial charge in [-0.2, -0.15) is 5.10 Å². The predicted octanol–water partition coefficient (Wildman–Crippen LogP) is 5.12. The van der Waals surface area contributed by atoms with Gasteiger partial charge in [0.15, 0.2) is 5.69 Å². The molecule has 1 aromatic carbocycles. The van der Waals surface area contributed by atoms with Gasteiger partial charge in [-0.1, -0.05) is 45.4 Å². The molecule has 0 unspecified atom stereocenters. The van der Waals surface area contributed by atoms with Crippen molar-refractivity contribution in [1.29, 1.82) is 0 Å². The van der Waals surface area contributed by atoms with E-state index in [4.69, 9.17) is 21.1 Å². The van der Waals surface area contributed by atoms with E-state index in [1.165, 1.54) is 0 Å². The van der Waals surface area contributed by atoms with E-state index >= 15 is 0 Å². The number of nitrogens with zero attached hydrogens (tertiary/aromatic N) is 2. The van der Waals surface area contributed by atoms with Crippen LogP contribution in [0.3, 0.4) is 0 Å². The first-order valence-electron chi connectivity index (χ1n) is 12.4. The zero-order valence-electron chi connectivity index (χ0n) is 21.9. The van der Waals surface area contributed by atoms with Gasteiger partial charge in [-0.25, -0.2) is 0 Å². The third-order valence-electron chi connectivity index (χ3n) is 6.66. The zero-order valence-corrected chi connectivity index (χ0v) is 22.7. The number of aromatic nitrogens is 2. The van der Waals surface area contributed by atoms with Crippen LogP contribution in [0.25, 0.3) is 11.3 Å². The number of rotatable bonds is 9. The lowest BCUT2D eigenvalue weighted by Gasteiger charge is -2.34. The SMILES string of the molecule is COCCn1nc(C(=O)NCC2(O)CCC(C)CC2)c(Cl)c1-c1ccc(CC(C)(C)C)cc1OC. The summed E-state index contributed by atoms with van der Waals surface area (Å²) in [5.41, 5.74) is 1.91. The van der Waals surface area contributed by atoms with Crippen molar-refractivity contribution in [2.75, 3.05) is 27.4 Å². The van der Waals surface area contributed by atoms with Crippen molar-refractivity contribution in [3.63, 3.8) is 0 Å². The van der Waals surface area contributed by atoms with Crippen molar-refractivity contribution < 1.29 is 19.4 Å². The highest BCUT2D eigenvalue weighted by molar-refractivity contribution is 6.36. The minimum absolute atomic E-state index is 0.131. The molecule has 1 aliphatic carbocycles. The van der Waals surface area contributed by atoms with E-state index in [2.05, 4.69) is 44.2 Å². The first-order valence-corrected chi connectivity index (χ1v) is 12.8. The van der Waals surface area contributed by atoms with Gasteiger partial charge in [-0.3, -0.25) is 9.48 Å². The molecule has 2 aromatic rings. The Hall–Kier alpha value is -2.09. The molecule has 7 nitrogen and oxygen atoms in total. The van der Waals surface area contributed by atoms with Crippen molar-refractivity contribution in [2.45, 2.75) is 71.9 Å². The van der Waals surface area contributed by atoms with Crippen LogP contribution in [0.15, 0.2) is 18.2 Å². The number of benzene rings is 1. The number of aliphatic hydroxyl groups is 1. The minimum Gasteiger partial charge on any atom is -0.496 e. The molecule has 0 bridgehead atoms. The molecule has 0 saturated heterocycles. The summed E-state index contributed by atoms with van der Waals surface area (Å²) in [6, 6.07) is 6.05. The van der Waals surface area contributed by atoms with Crippen LogP contribution in [-0.2, 0) is 17.7 Å². The zero-order chi connectivity index (χ0) is 25.8.